The Bertz CT molecular complexity index is 595. The summed E-state index contributed by atoms with van der Waals surface area (Å²) in [6.45, 7) is 4.58. The summed E-state index contributed by atoms with van der Waals surface area (Å²) in [5, 5.41) is 13.9. The van der Waals surface area contributed by atoms with Gasteiger partial charge in [-0.2, -0.15) is 0 Å². The number of hydrogen-bond donors (Lipinski definition) is 2. The first-order valence-corrected chi connectivity index (χ1v) is 7.99. The number of hydrogen-bond acceptors (Lipinski definition) is 3. The molecule has 0 aromatic heterocycles. The Labute approximate surface area is 140 Å². The van der Waals surface area contributed by atoms with E-state index in [0.29, 0.717) is 36.5 Å². The van der Waals surface area contributed by atoms with E-state index in [1.165, 1.54) is 6.08 Å². The Balaban J connectivity index is 1.88. The zero-order valence-corrected chi connectivity index (χ0v) is 13.7. The van der Waals surface area contributed by atoms with Crippen LogP contribution in [0.15, 0.2) is 36.9 Å². The number of benzene rings is 1. The fourth-order valence-electron chi connectivity index (χ4n) is 2.76. The van der Waals surface area contributed by atoms with E-state index in [9.17, 15) is 14.7 Å². The number of nitrogens with one attached hydrogen (secondary N) is 1. The first-order chi connectivity index (χ1) is 11.0. The summed E-state index contributed by atoms with van der Waals surface area (Å²) >= 11 is 6.17. The molecule has 0 unspecified atom stereocenters. The van der Waals surface area contributed by atoms with Gasteiger partial charge in [0, 0.05) is 36.6 Å². The number of piperidine rings is 1. The van der Waals surface area contributed by atoms with Gasteiger partial charge < -0.3 is 15.3 Å². The second kappa shape index (κ2) is 7.62. The van der Waals surface area contributed by atoms with E-state index in [-0.39, 0.29) is 24.8 Å². The monoisotopic (exact) mass is 336 g/mol. The van der Waals surface area contributed by atoms with E-state index in [1.54, 1.807) is 11.0 Å². The lowest BCUT2D eigenvalue weighted by atomic mass is 9.84. The van der Waals surface area contributed by atoms with Crippen LogP contribution in [0.5, 0.6) is 0 Å². The van der Waals surface area contributed by atoms with Gasteiger partial charge in [-0.25, -0.2) is 0 Å². The zero-order valence-electron chi connectivity index (χ0n) is 12.9. The molecule has 1 aromatic carbocycles. The second-order valence-corrected chi connectivity index (χ2v) is 6.04. The molecular formula is C17H21ClN2O3. The van der Waals surface area contributed by atoms with Gasteiger partial charge in [-0.1, -0.05) is 36.4 Å². The highest BCUT2D eigenvalue weighted by Crippen LogP contribution is 2.36. The number of carbonyl (C=O) groups is 2. The standard InChI is InChI=1S/C17H21ClN2O3/c1-2-15(21)19-10-7-16(22)20-11-8-17(23,9-12-20)13-5-3-4-6-14(13)18/h2-6,23H,1,7-12H2,(H,19,21). The topological polar surface area (TPSA) is 69.6 Å². The molecule has 1 saturated heterocycles. The summed E-state index contributed by atoms with van der Waals surface area (Å²) in [6.07, 6.45) is 2.31. The predicted octanol–water partition coefficient (Wildman–Crippen LogP) is 1.84. The summed E-state index contributed by atoms with van der Waals surface area (Å²) in [6, 6.07) is 7.25. The van der Waals surface area contributed by atoms with E-state index in [1.807, 2.05) is 18.2 Å². The van der Waals surface area contributed by atoms with Gasteiger partial charge in [-0.05, 0) is 25.0 Å². The summed E-state index contributed by atoms with van der Waals surface area (Å²) in [5.74, 6) is -0.319. The molecule has 0 radical (unpaired) electrons. The van der Waals surface area contributed by atoms with Crippen molar-refractivity contribution >= 4 is 23.4 Å². The van der Waals surface area contributed by atoms with Crippen molar-refractivity contribution in [3.05, 3.63) is 47.5 Å². The molecule has 2 amide bonds. The van der Waals surface area contributed by atoms with Crippen LogP contribution in [0.25, 0.3) is 0 Å². The average Bonchev–Trinajstić information content (AvgIpc) is 2.55. The molecule has 2 rings (SSSR count). The van der Waals surface area contributed by atoms with E-state index in [0.717, 1.165) is 0 Å². The number of aliphatic hydroxyl groups is 1. The van der Waals surface area contributed by atoms with E-state index in [4.69, 9.17) is 11.6 Å². The molecule has 0 atom stereocenters. The van der Waals surface area contributed by atoms with Crippen LogP contribution in [0, 0.1) is 0 Å². The van der Waals surface area contributed by atoms with Crippen LogP contribution in [-0.2, 0) is 15.2 Å². The largest absolute Gasteiger partial charge is 0.385 e. The highest BCUT2D eigenvalue weighted by atomic mass is 35.5. The minimum Gasteiger partial charge on any atom is -0.385 e. The van der Waals surface area contributed by atoms with E-state index >= 15 is 0 Å². The quantitative estimate of drug-likeness (QED) is 0.806. The first-order valence-electron chi connectivity index (χ1n) is 7.62. The molecule has 6 heteroatoms. The Kier molecular flexibility index (Phi) is 5.80. The maximum absolute atomic E-state index is 12.1. The van der Waals surface area contributed by atoms with Crippen LogP contribution >= 0.6 is 11.6 Å². The molecule has 1 aliphatic heterocycles. The average molecular weight is 337 g/mol. The van der Waals surface area contributed by atoms with Crippen molar-refractivity contribution in [1.29, 1.82) is 0 Å². The van der Waals surface area contributed by atoms with Gasteiger partial charge in [0.2, 0.25) is 11.8 Å². The Morgan fingerprint density at radius 1 is 1.35 bits per heavy atom. The lowest BCUT2D eigenvalue weighted by molar-refractivity contribution is -0.135. The molecule has 0 spiro atoms. The summed E-state index contributed by atoms with van der Waals surface area (Å²) < 4.78 is 0. The lowest BCUT2D eigenvalue weighted by Crippen LogP contribution is -2.45. The summed E-state index contributed by atoms with van der Waals surface area (Å²) in [5.41, 5.74) is -0.279. The van der Waals surface area contributed by atoms with Crippen molar-refractivity contribution in [2.45, 2.75) is 24.9 Å². The minimum absolute atomic E-state index is 0.0319. The molecule has 0 aliphatic carbocycles. The van der Waals surface area contributed by atoms with Crippen molar-refractivity contribution < 1.29 is 14.7 Å². The fraction of sp³-hybridized carbons (Fsp3) is 0.412. The van der Waals surface area contributed by atoms with E-state index in [2.05, 4.69) is 11.9 Å². The maximum Gasteiger partial charge on any atom is 0.243 e. The molecule has 1 aromatic rings. The van der Waals surface area contributed by atoms with E-state index < -0.39 is 5.60 Å². The third-order valence-electron chi connectivity index (χ3n) is 4.14. The normalized spacial score (nSPS) is 16.7. The predicted molar refractivity (Wildman–Crippen MR) is 89.0 cm³/mol. The van der Waals surface area contributed by atoms with Gasteiger partial charge in [0.05, 0.1) is 5.60 Å². The van der Waals surface area contributed by atoms with Crippen LogP contribution in [0.4, 0.5) is 0 Å². The Hall–Kier alpha value is -1.85. The van der Waals surface area contributed by atoms with Crippen LogP contribution in [0.1, 0.15) is 24.8 Å². The third kappa shape index (κ3) is 4.33. The third-order valence-corrected chi connectivity index (χ3v) is 4.47. The number of nitrogens with zero attached hydrogens (tertiary/aromatic N) is 1. The lowest BCUT2D eigenvalue weighted by Gasteiger charge is -2.39. The zero-order chi connectivity index (χ0) is 16.9. The Morgan fingerprint density at radius 2 is 2.00 bits per heavy atom. The number of rotatable bonds is 5. The van der Waals surface area contributed by atoms with Crippen molar-refractivity contribution in [3.8, 4) is 0 Å². The van der Waals surface area contributed by atoms with Gasteiger partial charge >= 0.3 is 0 Å². The molecule has 0 saturated carbocycles. The Morgan fingerprint density at radius 3 is 2.61 bits per heavy atom. The van der Waals surface area contributed by atoms with Gasteiger partial charge in [-0.15, -0.1) is 0 Å². The molecule has 1 fully saturated rings. The van der Waals surface area contributed by atoms with Gasteiger partial charge in [-0.3, -0.25) is 9.59 Å². The number of amides is 2. The molecule has 2 N–H and O–H groups in total. The molecule has 23 heavy (non-hydrogen) atoms. The van der Waals surface area contributed by atoms with Crippen molar-refractivity contribution in [2.75, 3.05) is 19.6 Å². The number of halogens is 1. The van der Waals surface area contributed by atoms with Gasteiger partial charge in [0.15, 0.2) is 0 Å². The van der Waals surface area contributed by atoms with Crippen molar-refractivity contribution in [1.82, 2.24) is 10.2 Å². The molecule has 1 heterocycles. The van der Waals surface area contributed by atoms with Crippen LogP contribution in [0.3, 0.4) is 0 Å². The van der Waals surface area contributed by atoms with Gasteiger partial charge in [0.1, 0.15) is 0 Å². The highest BCUT2D eigenvalue weighted by molar-refractivity contribution is 6.31. The second-order valence-electron chi connectivity index (χ2n) is 5.64. The first kappa shape index (κ1) is 17.5. The minimum atomic E-state index is -0.994. The smallest absolute Gasteiger partial charge is 0.243 e. The SMILES string of the molecule is C=CC(=O)NCCC(=O)N1CCC(O)(c2ccccc2Cl)CC1. The van der Waals surface area contributed by atoms with Crippen LogP contribution < -0.4 is 5.32 Å². The fourth-order valence-corrected chi connectivity index (χ4v) is 3.07. The molecule has 0 bridgehead atoms. The number of likely N-dealkylation sites (tertiary alicyclic amines) is 1. The highest BCUT2D eigenvalue weighted by Gasteiger charge is 2.36. The van der Waals surface area contributed by atoms with Crippen molar-refractivity contribution in [2.24, 2.45) is 0 Å². The van der Waals surface area contributed by atoms with Crippen molar-refractivity contribution in [3.63, 3.8) is 0 Å². The molecule has 5 nitrogen and oxygen atoms in total. The van der Waals surface area contributed by atoms with Gasteiger partial charge in [0.25, 0.3) is 0 Å². The molecule has 124 valence electrons. The van der Waals surface area contributed by atoms with Crippen LogP contribution in [0.2, 0.25) is 5.02 Å². The summed E-state index contributed by atoms with van der Waals surface area (Å²) in [4.78, 5) is 24.9. The van der Waals surface area contributed by atoms with Crippen LogP contribution in [-0.4, -0.2) is 41.5 Å². The molecular weight excluding hydrogens is 316 g/mol. The number of carbonyl (C=O) groups excluding carboxylic acids is 2. The maximum atomic E-state index is 12.1. The summed E-state index contributed by atoms with van der Waals surface area (Å²) in [7, 11) is 0. The molecule has 1 aliphatic rings.